The Bertz CT molecular complexity index is 1030. The van der Waals surface area contributed by atoms with Gasteiger partial charge in [0.05, 0.1) is 14.0 Å². The van der Waals surface area contributed by atoms with E-state index in [-0.39, 0.29) is 48.5 Å². The van der Waals surface area contributed by atoms with Gasteiger partial charge in [0.15, 0.2) is 0 Å². The molecule has 0 bridgehead atoms. The number of para-hydroxylation sites is 1. The van der Waals surface area contributed by atoms with Gasteiger partial charge < -0.3 is 9.64 Å². The number of hydrogen-bond acceptors (Lipinski definition) is 4. The minimum atomic E-state index is -1.13. The fourth-order valence-corrected chi connectivity index (χ4v) is 3.89. The molecule has 5 nitrogen and oxygen atoms in total. The molecule has 0 atom stereocenters. The van der Waals surface area contributed by atoms with Gasteiger partial charge >= 0.3 is 5.97 Å². The zero-order valence-corrected chi connectivity index (χ0v) is 17.0. The molecule has 1 fully saturated rings. The Morgan fingerprint density at radius 2 is 1.79 bits per heavy atom. The van der Waals surface area contributed by atoms with E-state index in [1.165, 1.54) is 7.11 Å². The van der Waals surface area contributed by atoms with E-state index in [9.17, 15) is 9.59 Å². The highest BCUT2D eigenvalue weighted by atomic mass is 16.5. The van der Waals surface area contributed by atoms with E-state index < -0.39 is 17.6 Å². The number of hydrogen-bond donors (Lipinski definition) is 0. The highest BCUT2D eigenvalue weighted by Gasteiger charge is 2.49. The number of amides is 1. The van der Waals surface area contributed by atoms with Gasteiger partial charge in [0.25, 0.3) is 0 Å². The summed E-state index contributed by atoms with van der Waals surface area (Å²) in [7, 11) is 1.33. The summed E-state index contributed by atoms with van der Waals surface area (Å²) in [4.78, 5) is 29.7. The van der Waals surface area contributed by atoms with Crippen LogP contribution in [0.3, 0.4) is 0 Å². The van der Waals surface area contributed by atoms with E-state index in [4.69, 9.17) is 11.6 Å². The van der Waals surface area contributed by atoms with Gasteiger partial charge in [-0.15, -0.1) is 0 Å². The van der Waals surface area contributed by atoms with Crippen molar-refractivity contribution in [1.82, 2.24) is 4.90 Å². The maximum absolute atomic E-state index is 13.1. The summed E-state index contributed by atoms with van der Waals surface area (Å²) in [5.41, 5.74) is -0.202. The maximum Gasteiger partial charge on any atom is 0.332 e. The monoisotopic (exact) mass is 399 g/mol. The van der Waals surface area contributed by atoms with Crippen LogP contribution >= 0.6 is 0 Å². The molecule has 0 saturated carbocycles. The van der Waals surface area contributed by atoms with Crippen LogP contribution < -0.4 is 4.90 Å². The third-order valence-corrected chi connectivity index (χ3v) is 5.47. The molecule has 154 valence electrons. The van der Waals surface area contributed by atoms with E-state index in [1.54, 1.807) is 11.8 Å². The third kappa shape index (κ3) is 4.67. The first kappa shape index (κ1) is 15.2. The lowest BCUT2D eigenvalue weighted by Crippen LogP contribution is -2.62. The second-order valence-corrected chi connectivity index (χ2v) is 7.14. The van der Waals surface area contributed by atoms with E-state index in [1.807, 2.05) is 30.3 Å². The molecule has 0 radical (unpaired) electrons. The van der Waals surface area contributed by atoms with Gasteiger partial charge in [0, 0.05) is 31.7 Å². The molecular weight excluding hydrogens is 364 g/mol. The normalized spacial score (nSPS) is 18.6. The second-order valence-electron chi connectivity index (χ2n) is 7.14. The van der Waals surface area contributed by atoms with Gasteiger partial charge in [-0.1, -0.05) is 55.3 Å². The predicted octanol–water partition coefficient (Wildman–Crippen LogP) is 3.68. The van der Waals surface area contributed by atoms with E-state index in [0.29, 0.717) is 38.2 Å². The van der Waals surface area contributed by atoms with Crippen molar-refractivity contribution in [2.45, 2.75) is 38.1 Å². The van der Waals surface area contributed by atoms with Gasteiger partial charge in [-0.25, -0.2) is 4.79 Å². The lowest BCUT2D eigenvalue weighted by molar-refractivity contribution is -0.151. The quantitative estimate of drug-likeness (QED) is 0.667. The number of rotatable bonds is 7. The third-order valence-electron chi connectivity index (χ3n) is 5.47. The number of ether oxygens (including phenoxy) is 1. The van der Waals surface area contributed by atoms with Crippen LogP contribution in [0, 0.1) is 0 Å². The molecule has 0 unspecified atom stereocenters. The molecule has 5 heteroatoms. The molecule has 1 amide bonds. The van der Waals surface area contributed by atoms with Crippen LogP contribution in [0.5, 0.6) is 0 Å². The van der Waals surface area contributed by atoms with Crippen LogP contribution in [0.2, 0.25) is 0 Å². The second kappa shape index (κ2) is 9.70. The zero-order valence-electron chi connectivity index (χ0n) is 22.0. The Balaban J connectivity index is 1.82. The lowest BCUT2D eigenvalue weighted by Gasteiger charge is -2.46. The van der Waals surface area contributed by atoms with Crippen molar-refractivity contribution in [2.75, 3.05) is 31.6 Å². The van der Waals surface area contributed by atoms with Gasteiger partial charge in [-0.2, -0.15) is 0 Å². The lowest BCUT2D eigenvalue weighted by atomic mass is 9.84. The molecule has 29 heavy (non-hydrogen) atoms. The highest BCUT2D eigenvalue weighted by Crippen LogP contribution is 2.35. The van der Waals surface area contributed by atoms with Crippen molar-refractivity contribution in [3.63, 3.8) is 0 Å². The van der Waals surface area contributed by atoms with Crippen molar-refractivity contribution in [3.05, 3.63) is 66.1 Å². The number of piperidine rings is 1. The Morgan fingerprint density at radius 3 is 2.38 bits per heavy atom. The van der Waals surface area contributed by atoms with Crippen molar-refractivity contribution in [3.8, 4) is 0 Å². The van der Waals surface area contributed by atoms with Crippen molar-refractivity contribution < 1.29 is 21.2 Å². The Morgan fingerprint density at radius 1 is 1.14 bits per heavy atom. The van der Waals surface area contributed by atoms with Crippen molar-refractivity contribution in [1.29, 1.82) is 0 Å². The summed E-state index contributed by atoms with van der Waals surface area (Å²) in [6.45, 7) is 3.22. The Labute approximate surface area is 180 Å². The molecule has 0 aromatic heterocycles. The zero-order chi connectivity index (χ0) is 25.0. The van der Waals surface area contributed by atoms with Gasteiger partial charge in [0.2, 0.25) is 5.91 Å². The molecule has 1 aliphatic heterocycles. The van der Waals surface area contributed by atoms with Crippen LogP contribution in [0.25, 0.3) is 0 Å². The summed E-state index contributed by atoms with van der Waals surface area (Å²) in [5.74, 6) is -0.618. The highest BCUT2D eigenvalue weighted by molar-refractivity contribution is 6.02. The SMILES string of the molecule is [2H]c1c([2H])c([2H])c(CCN2CCC(C(=O)OC)(N(C(=O)CC)c3ccccc3)CC2)c([2H])c1[2H]. The van der Waals surface area contributed by atoms with E-state index >= 15 is 0 Å². The van der Waals surface area contributed by atoms with Crippen LogP contribution in [0.1, 0.15) is 38.6 Å². The van der Waals surface area contributed by atoms with Crippen molar-refractivity contribution in [2.24, 2.45) is 0 Å². The first-order chi connectivity index (χ1) is 16.2. The van der Waals surface area contributed by atoms with Gasteiger partial charge in [0.1, 0.15) is 5.54 Å². The minimum Gasteiger partial charge on any atom is -0.467 e. The maximum atomic E-state index is 13.1. The summed E-state index contributed by atoms with van der Waals surface area (Å²) >= 11 is 0. The Kier molecular flexibility index (Phi) is 5.09. The topological polar surface area (TPSA) is 49.9 Å². The summed E-state index contributed by atoms with van der Waals surface area (Å²) in [6.07, 6.45) is 1.26. The Hall–Kier alpha value is -2.66. The fraction of sp³-hybridized carbons (Fsp3) is 0.417. The standard InChI is InChI=1S/C24H30N2O3/c1-3-22(27)26(21-12-8-5-9-13-21)24(23(28)29-2)15-18-25(19-16-24)17-14-20-10-6-4-7-11-20/h4-13H,3,14-19H2,1-2H3/i4D,6D,7D,10D,11D. The minimum absolute atomic E-state index is 0.163. The van der Waals surface area contributed by atoms with Gasteiger partial charge in [-0.05, 0) is 37.0 Å². The summed E-state index contributed by atoms with van der Waals surface area (Å²) < 4.78 is 44.9. The summed E-state index contributed by atoms with van der Waals surface area (Å²) in [5, 5.41) is 0. The molecule has 2 aromatic rings. The van der Waals surface area contributed by atoms with Gasteiger partial charge in [-0.3, -0.25) is 9.69 Å². The molecule has 3 rings (SSSR count). The van der Waals surface area contributed by atoms with E-state index in [2.05, 4.69) is 4.90 Å². The smallest absolute Gasteiger partial charge is 0.332 e. The first-order valence-electron chi connectivity index (χ1n) is 12.4. The van der Waals surface area contributed by atoms with Crippen LogP contribution in [0.4, 0.5) is 5.69 Å². The van der Waals surface area contributed by atoms with Crippen molar-refractivity contribution >= 4 is 17.6 Å². The molecule has 0 spiro atoms. The molecule has 1 aliphatic rings. The van der Waals surface area contributed by atoms with Crippen LogP contribution in [-0.2, 0) is 20.7 Å². The van der Waals surface area contributed by atoms with Crippen LogP contribution in [-0.4, -0.2) is 49.1 Å². The summed E-state index contributed by atoms with van der Waals surface area (Å²) in [6, 6.07) is 7.67. The molecular formula is C24H30N2O3. The number of methoxy groups -OCH3 is 1. The average molecular weight is 400 g/mol. The molecule has 0 N–H and O–H groups in total. The number of benzene rings is 2. The number of likely N-dealkylation sites (tertiary alicyclic amines) is 1. The average Bonchev–Trinajstić information content (AvgIpc) is 2.87. The number of anilines is 1. The largest absolute Gasteiger partial charge is 0.467 e. The predicted molar refractivity (Wildman–Crippen MR) is 115 cm³/mol. The first-order valence-corrected chi connectivity index (χ1v) is 9.92. The fourth-order valence-electron chi connectivity index (χ4n) is 3.89. The number of carbonyl (C=O) groups is 2. The molecule has 2 aromatic carbocycles. The van der Waals surface area contributed by atoms with Crippen LogP contribution in [0.15, 0.2) is 60.5 Å². The number of nitrogens with zero attached hydrogens (tertiary/aromatic N) is 2. The molecule has 0 aliphatic carbocycles. The molecule has 1 heterocycles. The number of carbonyl (C=O) groups excluding carboxylic acids is 2. The molecule has 1 saturated heterocycles. The number of esters is 1. The van der Waals surface area contributed by atoms with E-state index in [0.717, 1.165) is 0 Å².